The van der Waals surface area contributed by atoms with Crippen LogP contribution in [0.2, 0.25) is 0 Å². The summed E-state index contributed by atoms with van der Waals surface area (Å²) in [6, 6.07) is 10.6. The van der Waals surface area contributed by atoms with Gasteiger partial charge >= 0.3 is 0 Å². The van der Waals surface area contributed by atoms with Crippen molar-refractivity contribution in [3.63, 3.8) is 0 Å². The number of carboxylic acid groups (broad SMARTS) is 1. The van der Waals surface area contributed by atoms with Crippen molar-refractivity contribution in [2.45, 2.75) is 31.9 Å². The molecule has 6 heteroatoms. The molecule has 0 aromatic heterocycles. The van der Waals surface area contributed by atoms with E-state index in [2.05, 4.69) is 34.5 Å². The van der Waals surface area contributed by atoms with Crippen LogP contribution < -0.4 is 5.32 Å². The van der Waals surface area contributed by atoms with Crippen molar-refractivity contribution in [2.24, 2.45) is 17.8 Å². The van der Waals surface area contributed by atoms with Gasteiger partial charge in [0.05, 0.1) is 12.1 Å². The molecule has 2 saturated heterocycles. The highest BCUT2D eigenvalue weighted by molar-refractivity contribution is 5.80. The van der Waals surface area contributed by atoms with Crippen LogP contribution in [0, 0.1) is 17.8 Å². The highest BCUT2D eigenvalue weighted by Gasteiger charge is 2.49. The topological polar surface area (TPSA) is 89.9 Å². The van der Waals surface area contributed by atoms with E-state index in [9.17, 15) is 9.90 Å². The number of aliphatic hydroxyl groups is 1. The van der Waals surface area contributed by atoms with E-state index in [-0.39, 0.29) is 24.0 Å². The summed E-state index contributed by atoms with van der Waals surface area (Å²) in [6.45, 7) is 3.97. The number of carbonyl (C=O) groups is 2. The summed E-state index contributed by atoms with van der Waals surface area (Å²) in [4.78, 5) is 23.9. The number of nitrogens with zero attached hydrogens (tertiary/aromatic N) is 1. The van der Waals surface area contributed by atoms with Gasteiger partial charge in [-0.15, -0.1) is 0 Å². The highest BCUT2D eigenvalue weighted by Crippen LogP contribution is 2.44. The zero-order chi connectivity index (χ0) is 18.0. The van der Waals surface area contributed by atoms with Gasteiger partial charge in [0.25, 0.3) is 5.97 Å². The summed E-state index contributed by atoms with van der Waals surface area (Å²) >= 11 is 0. The number of rotatable bonds is 2. The number of likely N-dealkylation sites (tertiary alicyclic amines) is 1. The molecule has 0 bridgehead atoms. The van der Waals surface area contributed by atoms with E-state index in [1.54, 1.807) is 0 Å². The molecular weight excluding hydrogens is 320 g/mol. The van der Waals surface area contributed by atoms with Gasteiger partial charge in [-0.1, -0.05) is 30.3 Å². The molecule has 1 saturated carbocycles. The lowest BCUT2D eigenvalue weighted by atomic mass is 9.81. The second-order valence-electron chi connectivity index (χ2n) is 7.27. The molecular formula is C19H26N2O4. The molecule has 6 nitrogen and oxygen atoms in total. The van der Waals surface area contributed by atoms with Crippen molar-refractivity contribution in [3.8, 4) is 0 Å². The fourth-order valence-electron chi connectivity index (χ4n) is 4.25. The Morgan fingerprint density at radius 1 is 1.16 bits per heavy atom. The van der Waals surface area contributed by atoms with E-state index in [0.717, 1.165) is 26.6 Å². The van der Waals surface area contributed by atoms with Crippen LogP contribution in [-0.2, 0) is 9.59 Å². The predicted octanol–water partition coefficient (Wildman–Crippen LogP) is 1.27. The molecule has 3 atom stereocenters. The summed E-state index contributed by atoms with van der Waals surface area (Å²) < 4.78 is 0. The average molecular weight is 346 g/mol. The van der Waals surface area contributed by atoms with Gasteiger partial charge in [0.2, 0.25) is 5.91 Å². The maximum Gasteiger partial charge on any atom is 0.300 e. The molecule has 136 valence electrons. The Kier molecular flexibility index (Phi) is 5.39. The van der Waals surface area contributed by atoms with Crippen LogP contribution in [0.4, 0.5) is 0 Å². The molecule has 0 unspecified atom stereocenters. The van der Waals surface area contributed by atoms with Crippen molar-refractivity contribution in [3.05, 3.63) is 35.9 Å². The number of benzene rings is 1. The normalized spacial score (nSPS) is 33.0. The molecule has 3 N–H and O–H groups in total. The highest BCUT2D eigenvalue weighted by atomic mass is 16.4. The largest absolute Gasteiger partial charge is 0.481 e. The van der Waals surface area contributed by atoms with E-state index < -0.39 is 5.97 Å². The van der Waals surface area contributed by atoms with E-state index in [1.165, 1.54) is 5.56 Å². The standard InChI is InChI=1S/C17H22N2O2.C2H4O2/c20-14-6-12(7-14)17(21)19-10-13-8-18-9-15(13)16(19)11-4-2-1-3-5-11;1-2(3)4/h1-5,12-16,18,20H,6-10H2;1H3,(H,3,4)/t12?,13-,14?,15-,16+;/m0./s1. The van der Waals surface area contributed by atoms with Crippen LogP contribution in [-0.4, -0.2) is 52.7 Å². The molecule has 2 heterocycles. The quantitative estimate of drug-likeness (QED) is 0.750. The monoisotopic (exact) mass is 346 g/mol. The van der Waals surface area contributed by atoms with E-state index in [0.29, 0.717) is 24.7 Å². The van der Waals surface area contributed by atoms with Crippen molar-refractivity contribution in [2.75, 3.05) is 19.6 Å². The summed E-state index contributed by atoms with van der Waals surface area (Å²) in [5.41, 5.74) is 1.25. The molecule has 1 aromatic carbocycles. The fraction of sp³-hybridized carbons (Fsp3) is 0.579. The summed E-state index contributed by atoms with van der Waals surface area (Å²) in [6.07, 6.45) is 1.02. The van der Waals surface area contributed by atoms with E-state index >= 15 is 0 Å². The minimum Gasteiger partial charge on any atom is -0.481 e. The lowest BCUT2D eigenvalue weighted by Crippen LogP contribution is -2.44. The van der Waals surface area contributed by atoms with Crippen molar-refractivity contribution >= 4 is 11.9 Å². The van der Waals surface area contributed by atoms with Crippen molar-refractivity contribution < 1.29 is 19.8 Å². The number of carbonyl (C=O) groups excluding carboxylic acids is 1. The number of fused-ring (bicyclic) bond motifs is 1. The fourth-order valence-corrected chi connectivity index (χ4v) is 4.25. The van der Waals surface area contributed by atoms with Crippen LogP contribution in [0.3, 0.4) is 0 Å². The molecule has 2 aliphatic heterocycles. The summed E-state index contributed by atoms with van der Waals surface area (Å²) in [5.74, 6) is 0.562. The summed E-state index contributed by atoms with van der Waals surface area (Å²) in [5, 5.41) is 20.4. The number of aliphatic carboxylic acids is 1. The lowest BCUT2D eigenvalue weighted by Gasteiger charge is -2.37. The van der Waals surface area contributed by atoms with Crippen LogP contribution in [0.25, 0.3) is 0 Å². The Morgan fingerprint density at radius 2 is 1.80 bits per heavy atom. The molecule has 3 fully saturated rings. The third-order valence-corrected chi connectivity index (χ3v) is 5.45. The summed E-state index contributed by atoms with van der Waals surface area (Å²) in [7, 11) is 0. The molecule has 1 amide bonds. The first-order valence-corrected chi connectivity index (χ1v) is 8.91. The zero-order valence-corrected chi connectivity index (χ0v) is 14.5. The van der Waals surface area contributed by atoms with Crippen LogP contribution in [0.1, 0.15) is 31.4 Å². The molecule has 1 aliphatic carbocycles. The van der Waals surface area contributed by atoms with Gasteiger partial charge in [-0.3, -0.25) is 9.59 Å². The third kappa shape index (κ3) is 3.85. The Bertz CT molecular complexity index is 611. The first-order chi connectivity index (χ1) is 12.0. The number of nitrogens with one attached hydrogen (secondary N) is 1. The van der Waals surface area contributed by atoms with Crippen LogP contribution in [0.5, 0.6) is 0 Å². The number of carboxylic acids is 1. The zero-order valence-electron chi connectivity index (χ0n) is 14.5. The van der Waals surface area contributed by atoms with E-state index in [4.69, 9.17) is 9.90 Å². The number of hydrogen-bond donors (Lipinski definition) is 3. The predicted molar refractivity (Wildman–Crippen MR) is 92.8 cm³/mol. The van der Waals surface area contributed by atoms with Gasteiger partial charge in [0, 0.05) is 38.4 Å². The van der Waals surface area contributed by atoms with E-state index in [1.807, 2.05) is 6.07 Å². The Morgan fingerprint density at radius 3 is 2.40 bits per heavy atom. The first kappa shape index (κ1) is 17.9. The Balaban J connectivity index is 0.000000415. The maximum atomic E-state index is 12.8. The molecule has 0 radical (unpaired) electrons. The first-order valence-electron chi connectivity index (χ1n) is 8.91. The van der Waals surface area contributed by atoms with Gasteiger partial charge in [0.15, 0.2) is 0 Å². The maximum absolute atomic E-state index is 12.8. The molecule has 25 heavy (non-hydrogen) atoms. The minimum atomic E-state index is -0.833. The van der Waals surface area contributed by atoms with Gasteiger partial charge in [0.1, 0.15) is 0 Å². The Hall–Kier alpha value is -1.92. The average Bonchev–Trinajstić information content (AvgIpc) is 3.12. The molecule has 4 rings (SSSR count). The molecule has 3 aliphatic rings. The van der Waals surface area contributed by atoms with Gasteiger partial charge in [-0.05, 0) is 24.3 Å². The van der Waals surface area contributed by atoms with Gasteiger partial charge < -0.3 is 20.4 Å². The number of hydrogen-bond acceptors (Lipinski definition) is 4. The smallest absolute Gasteiger partial charge is 0.300 e. The van der Waals surface area contributed by atoms with Crippen molar-refractivity contribution in [1.29, 1.82) is 0 Å². The second kappa shape index (κ2) is 7.54. The van der Waals surface area contributed by atoms with Gasteiger partial charge in [-0.2, -0.15) is 0 Å². The molecule has 0 spiro atoms. The SMILES string of the molecule is CC(=O)O.O=C(C1CC(O)C1)N1C[C@@H]2CNC[C@@H]2[C@H]1c1ccccc1. The van der Waals surface area contributed by atoms with Crippen LogP contribution in [0.15, 0.2) is 30.3 Å². The van der Waals surface area contributed by atoms with Crippen molar-refractivity contribution in [1.82, 2.24) is 10.2 Å². The lowest BCUT2D eigenvalue weighted by molar-refractivity contribution is -0.143. The third-order valence-electron chi connectivity index (χ3n) is 5.45. The number of aliphatic hydroxyl groups excluding tert-OH is 1. The second-order valence-corrected chi connectivity index (χ2v) is 7.27. The Labute approximate surface area is 147 Å². The molecule has 1 aromatic rings. The van der Waals surface area contributed by atoms with Gasteiger partial charge in [-0.25, -0.2) is 0 Å². The van der Waals surface area contributed by atoms with Crippen LogP contribution >= 0.6 is 0 Å². The minimum absolute atomic E-state index is 0.0398. The number of amides is 1.